The van der Waals surface area contributed by atoms with Crippen molar-refractivity contribution in [2.24, 2.45) is 5.92 Å². The van der Waals surface area contributed by atoms with Gasteiger partial charge in [-0.15, -0.1) is 0 Å². The third kappa shape index (κ3) is 5.86. The van der Waals surface area contributed by atoms with E-state index >= 15 is 0 Å². The summed E-state index contributed by atoms with van der Waals surface area (Å²) >= 11 is 0. The number of carbonyl (C=O) groups excluding carboxylic acids is 1. The van der Waals surface area contributed by atoms with Gasteiger partial charge in [-0.1, -0.05) is 0 Å². The monoisotopic (exact) mass is 451 g/mol. The predicted molar refractivity (Wildman–Crippen MR) is 114 cm³/mol. The molecule has 2 amide bonds. The van der Waals surface area contributed by atoms with Crippen LogP contribution in [0.5, 0.6) is 11.5 Å². The van der Waals surface area contributed by atoms with E-state index in [1.807, 2.05) is 0 Å². The van der Waals surface area contributed by atoms with Crippen LogP contribution >= 0.6 is 0 Å². The molecule has 0 atom stereocenters. The molecule has 1 aliphatic rings. The van der Waals surface area contributed by atoms with Crippen molar-refractivity contribution in [2.75, 3.05) is 39.2 Å². The Balaban J connectivity index is 1.50. The SMILES string of the molecule is COc1ccc(S(=O)(=O)NCC2CCN(C(=O)Nc3ccc(F)cc3)CC2)cc1OC. The van der Waals surface area contributed by atoms with Crippen LogP contribution in [0.15, 0.2) is 47.4 Å². The Morgan fingerprint density at radius 3 is 2.32 bits per heavy atom. The summed E-state index contributed by atoms with van der Waals surface area (Å²) in [7, 11) is -0.772. The minimum absolute atomic E-state index is 0.0984. The molecule has 168 valence electrons. The minimum Gasteiger partial charge on any atom is -0.493 e. The molecule has 2 aromatic rings. The molecule has 0 aliphatic carbocycles. The van der Waals surface area contributed by atoms with Crippen molar-refractivity contribution in [3.05, 3.63) is 48.3 Å². The predicted octanol–water partition coefficient (Wildman–Crippen LogP) is 3.07. The topological polar surface area (TPSA) is 97.0 Å². The first-order valence-corrected chi connectivity index (χ1v) is 11.3. The van der Waals surface area contributed by atoms with Gasteiger partial charge in [0.25, 0.3) is 0 Å². The highest BCUT2D eigenvalue weighted by atomic mass is 32.2. The van der Waals surface area contributed by atoms with Crippen LogP contribution in [0.2, 0.25) is 0 Å². The van der Waals surface area contributed by atoms with Crippen molar-refractivity contribution in [3.63, 3.8) is 0 Å². The third-order valence-corrected chi connectivity index (χ3v) is 6.65. The molecule has 8 nitrogen and oxygen atoms in total. The molecule has 0 bridgehead atoms. The number of urea groups is 1. The van der Waals surface area contributed by atoms with Crippen LogP contribution in [-0.2, 0) is 10.0 Å². The molecule has 31 heavy (non-hydrogen) atoms. The first kappa shape index (κ1) is 22.8. The minimum atomic E-state index is -3.70. The normalized spacial score (nSPS) is 14.9. The summed E-state index contributed by atoms with van der Waals surface area (Å²) in [5, 5.41) is 2.74. The molecule has 2 N–H and O–H groups in total. The maximum absolute atomic E-state index is 13.0. The van der Waals surface area contributed by atoms with Gasteiger partial charge in [0.1, 0.15) is 5.82 Å². The van der Waals surface area contributed by atoms with Gasteiger partial charge < -0.3 is 19.7 Å². The molecule has 3 rings (SSSR count). The number of methoxy groups -OCH3 is 2. The number of nitrogens with one attached hydrogen (secondary N) is 2. The van der Waals surface area contributed by atoms with Crippen molar-refractivity contribution in [2.45, 2.75) is 17.7 Å². The maximum atomic E-state index is 13.0. The van der Waals surface area contributed by atoms with E-state index in [1.54, 1.807) is 11.0 Å². The van der Waals surface area contributed by atoms with E-state index in [1.165, 1.54) is 50.6 Å². The highest BCUT2D eigenvalue weighted by Gasteiger charge is 2.25. The zero-order valence-corrected chi connectivity index (χ0v) is 18.2. The second-order valence-corrected chi connectivity index (χ2v) is 9.00. The van der Waals surface area contributed by atoms with E-state index < -0.39 is 10.0 Å². The third-order valence-electron chi connectivity index (χ3n) is 5.22. The number of halogens is 1. The molecular formula is C21H26FN3O5S. The van der Waals surface area contributed by atoms with Crippen LogP contribution < -0.4 is 19.5 Å². The largest absolute Gasteiger partial charge is 0.493 e. The molecule has 1 saturated heterocycles. The lowest BCUT2D eigenvalue weighted by molar-refractivity contribution is 0.183. The van der Waals surface area contributed by atoms with Crippen LogP contribution in [0.3, 0.4) is 0 Å². The van der Waals surface area contributed by atoms with Gasteiger partial charge in [0.2, 0.25) is 10.0 Å². The van der Waals surface area contributed by atoms with E-state index in [9.17, 15) is 17.6 Å². The number of hydrogen-bond acceptors (Lipinski definition) is 5. The fourth-order valence-electron chi connectivity index (χ4n) is 3.37. The lowest BCUT2D eigenvalue weighted by Crippen LogP contribution is -2.43. The van der Waals surface area contributed by atoms with Gasteiger partial charge in [-0.25, -0.2) is 22.3 Å². The zero-order valence-electron chi connectivity index (χ0n) is 17.4. The average Bonchev–Trinajstić information content (AvgIpc) is 2.79. The van der Waals surface area contributed by atoms with Gasteiger partial charge in [-0.2, -0.15) is 0 Å². The Bertz CT molecular complexity index is 1010. The number of nitrogens with zero attached hydrogens (tertiary/aromatic N) is 1. The van der Waals surface area contributed by atoms with E-state index in [0.29, 0.717) is 43.1 Å². The maximum Gasteiger partial charge on any atom is 0.321 e. The first-order chi connectivity index (χ1) is 14.8. The summed E-state index contributed by atoms with van der Waals surface area (Å²) in [4.78, 5) is 14.1. The second kappa shape index (κ2) is 9.97. The Morgan fingerprint density at radius 2 is 1.71 bits per heavy atom. The van der Waals surface area contributed by atoms with E-state index in [0.717, 1.165) is 0 Å². The van der Waals surface area contributed by atoms with Crippen LogP contribution in [0.1, 0.15) is 12.8 Å². The molecule has 10 heteroatoms. The molecule has 0 spiro atoms. The number of rotatable bonds is 7. The number of anilines is 1. The average molecular weight is 452 g/mol. The van der Waals surface area contributed by atoms with Crippen molar-refractivity contribution in [1.29, 1.82) is 0 Å². The fraction of sp³-hybridized carbons (Fsp3) is 0.381. The second-order valence-electron chi connectivity index (χ2n) is 7.24. The molecule has 0 unspecified atom stereocenters. The van der Waals surface area contributed by atoms with Gasteiger partial charge in [-0.3, -0.25) is 0 Å². The summed E-state index contributed by atoms with van der Waals surface area (Å²) in [6, 6.07) is 9.75. The van der Waals surface area contributed by atoms with Gasteiger partial charge in [0.05, 0.1) is 19.1 Å². The molecule has 0 aromatic heterocycles. The first-order valence-electron chi connectivity index (χ1n) is 9.85. The zero-order chi connectivity index (χ0) is 22.4. The summed E-state index contributed by atoms with van der Waals surface area (Å²) in [6.45, 7) is 1.30. The van der Waals surface area contributed by atoms with Crippen molar-refractivity contribution in [3.8, 4) is 11.5 Å². The molecule has 0 radical (unpaired) electrons. The summed E-state index contributed by atoms with van der Waals surface area (Å²) in [5.74, 6) is 0.540. The fourth-order valence-corrected chi connectivity index (χ4v) is 4.50. The lowest BCUT2D eigenvalue weighted by Gasteiger charge is -2.32. The van der Waals surface area contributed by atoms with Gasteiger partial charge in [-0.05, 0) is 55.2 Å². The molecule has 2 aromatic carbocycles. The molecule has 1 aliphatic heterocycles. The Hall–Kier alpha value is -2.85. The van der Waals surface area contributed by atoms with Crippen molar-refractivity contribution >= 4 is 21.7 Å². The Labute approximate surface area is 181 Å². The van der Waals surface area contributed by atoms with E-state index in [2.05, 4.69) is 10.0 Å². The standard InChI is InChI=1S/C21H26FN3O5S/c1-29-19-8-7-18(13-20(19)30-2)31(27,28)23-14-15-9-11-25(12-10-15)21(26)24-17-5-3-16(22)4-6-17/h3-8,13,15,23H,9-12,14H2,1-2H3,(H,24,26). The number of amides is 2. The molecule has 0 saturated carbocycles. The van der Waals surface area contributed by atoms with Gasteiger partial charge >= 0.3 is 6.03 Å². The highest BCUT2D eigenvalue weighted by molar-refractivity contribution is 7.89. The number of hydrogen-bond donors (Lipinski definition) is 2. The lowest BCUT2D eigenvalue weighted by atomic mass is 9.97. The van der Waals surface area contributed by atoms with Crippen LogP contribution in [0, 0.1) is 11.7 Å². The number of sulfonamides is 1. The highest BCUT2D eigenvalue weighted by Crippen LogP contribution is 2.29. The van der Waals surface area contributed by atoms with Crippen LogP contribution in [0.25, 0.3) is 0 Å². The number of likely N-dealkylation sites (tertiary alicyclic amines) is 1. The summed E-state index contributed by atoms with van der Waals surface area (Å²) in [6.07, 6.45) is 1.34. The number of benzene rings is 2. The quantitative estimate of drug-likeness (QED) is 0.674. The van der Waals surface area contributed by atoms with Crippen LogP contribution in [-0.4, -0.2) is 53.2 Å². The molecule has 1 heterocycles. The molecule has 1 fully saturated rings. The number of piperidine rings is 1. The Kier molecular flexibility index (Phi) is 7.34. The van der Waals surface area contributed by atoms with E-state index in [4.69, 9.17) is 9.47 Å². The van der Waals surface area contributed by atoms with E-state index in [-0.39, 0.29) is 29.2 Å². The molecular weight excluding hydrogens is 425 g/mol. The van der Waals surface area contributed by atoms with Crippen molar-refractivity contribution < 1.29 is 27.1 Å². The van der Waals surface area contributed by atoms with Crippen LogP contribution in [0.4, 0.5) is 14.9 Å². The number of carbonyl (C=O) groups is 1. The van der Waals surface area contributed by atoms with Gasteiger partial charge in [0, 0.05) is 31.4 Å². The smallest absolute Gasteiger partial charge is 0.321 e. The summed E-state index contributed by atoms with van der Waals surface area (Å²) in [5.41, 5.74) is 0.524. The van der Waals surface area contributed by atoms with Gasteiger partial charge in [0.15, 0.2) is 11.5 Å². The van der Waals surface area contributed by atoms with Crippen molar-refractivity contribution in [1.82, 2.24) is 9.62 Å². The summed E-state index contributed by atoms with van der Waals surface area (Å²) < 4.78 is 51.2. The number of ether oxygens (including phenoxy) is 2. The Morgan fingerprint density at radius 1 is 1.06 bits per heavy atom.